The smallest absolute Gasteiger partial charge is 0.379 e. The molecule has 0 radical (unpaired) electrons. The SMILES string of the molecule is Cc1cc(C(=O)NC2CCC(OCC(C)(O)C(F)(F)F)CC2)c2[nH]ccc2c1. The van der Waals surface area contributed by atoms with Crippen molar-refractivity contribution in [1.82, 2.24) is 10.3 Å². The summed E-state index contributed by atoms with van der Waals surface area (Å²) in [5.74, 6) is -0.166. The Kier molecular flexibility index (Phi) is 5.72. The van der Waals surface area contributed by atoms with E-state index < -0.39 is 18.4 Å². The second-order valence-corrected chi connectivity index (χ2v) is 7.78. The van der Waals surface area contributed by atoms with E-state index in [4.69, 9.17) is 4.74 Å². The van der Waals surface area contributed by atoms with Gasteiger partial charge in [-0.3, -0.25) is 4.79 Å². The maximum Gasteiger partial charge on any atom is 0.419 e. The third-order valence-electron chi connectivity index (χ3n) is 5.27. The standard InChI is InChI=1S/C20H25F3N2O3/c1-12-9-13-7-8-24-17(13)16(10-12)18(26)25-14-3-5-15(6-4-14)28-11-19(2,27)20(21,22)23/h7-10,14-15,24,27H,3-6,11H2,1-2H3,(H,25,26). The van der Waals surface area contributed by atoms with E-state index in [1.807, 2.05) is 25.1 Å². The molecule has 1 saturated carbocycles. The Morgan fingerprint density at radius 1 is 1.29 bits per heavy atom. The molecule has 1 heterocycles. The molecule has 0 saturated heterocycles. The largest absolute Gasteiger partial charge is 0.419 e. The van der Waals surface area contributed by atoms with Crippen LogP contribution in [-0.2, 0) is 4.74 Å². The number of carbonyl (C=O) groups excluding carboxylic acids is 1. The molecule has 0 bridgehead atoms. The molecule has 1 unspecified atom stereocenters. The van der Waals surface area contributed by atoms with E-state index in [1.165, 1.54) is 0 Å². The average Bonchev–Trinajstić information content (AvgIpc) is 3.07. The van der Waals surface area contributed by atoms with Gasteiger partial charge in [0, 0.05) is 17.6 Å². The summed E-state index contributed by atoms with van der Waals surface area (Å²) in [7, 11) is 0. The van der Waals surface area contributed by atoms with Crippen LogP contribution in [0.1, 0.15) is 48.5 Å². The minimum Gasteiger partial charge on any atom is -0.379 e. The van der Waals surface area contributed by atoms with Crippen LogP contribution in [0.3, 0.4) is 0 Å². The van der Waals surface area contributed by atoms with Crippen LogP contribution in [-0.4, -0.2) is 46.5 Å². The number of aryl methyl sites for hydroxylation is 1. The van der Waals surface area contributed by atoms with Crippen molar-refractivity contribution >= 4 is 16.8 Å². The highest BCUT2D eigenvalue weighted by Gasteiger charge is 2.50. The number of amides is 1. The van der Waals surface area contributed by atoms with Gasteiger partial charge in [-0.1, -0.05) is 0 Å². The molecule has 0 spiro atoms. The highest BCUT2D eigenvalue weighted by atomic mass is 19.4. The number of aromatic amines is 1. The first-order chi connectivity index (χ1) is 13.1. The van der Waals surface area contributed by atoms with Crippen molar-refractivity contribution in [2.24, 2.45) is 0 Å². The summed E-state index contributed by atoms with van der Waals surface area (Å²) < 4.78 is 43.4. The van der Waals surface area contributed by atoms with Crippen LogP contribution in [0, 0.1) is 6.92 Å². The first kappa shape index (κ1) is 20.7. The molecule has 3 rings (SSSR count). The minimum absolute atomic E-state index is 0.0546. The predicted octanol–water partition coefficient (Wildman–Crippen LogP) is 3.85. The number of benzene rings is 1. The van der Waals surface area contributed by atoms with Crippen LogP contribution in [0.2, 0.25) is 0 Å². The lowest BCUT2D eigenvalue weighted by atomic mass is 9.92. The summed E-state index contributed by atoms with van der Waals surface area (Å²) in [6, 6.07) is 5.70. The third-order valence-corrected chi connectivity index (χ3v) is 5.27. The van der Waals surface area contributed by atoms with Gasteiger partial charge in [0.05, 0.1) is 23.8 Å². The van der Waals surface area contributed by atoms with Gasteiger partial charge in [0.1, 0.15) is 0 Å². The van der Waals surface area contributed by atoms with Crippen molar-refractivity contribution in [3.05, 3.63) is 35.5 Å². The van der Waals surface area contributed by atoms with E-state index in [9.17, 15) is 23.1 Å². The summed E-state index contributed by atoms with van der Waals surface area (Å²) in [6.07, 6.45) is -0.992. The van der Waals surface area contributed by atoms with Gasteiger partial charge < -0.3 is 20.1 Å². The molecule has 0 aliphatic heterocycles. The molecule has 3 N–H and O–H groups in total. The fraction of sp³-hybridized carbons (Fsp3) is 0.550. The summed E-state index contributed by atoms with van der Waals surface area (Å²) in [6.45, 7) is 1.86. The van der Waals surface area contributed by atoms with Crippen molar-refractivity contribution in [1.29, 1.82) is 0 Å². The number of hydrogen-bond donors (Lipinski definition) is 3. The Labute approximate surface area is 161 Å². The van der Waals surface area contributed by atoms with Gasteiger partial charge >= 0.3 is 6.18 Å². The number of aromatic nitrogens is 1. The van der Waals surface area contributed by atoms with Crippen molar-refractivity contribution in [2.45, 2.75) is 63.5 Å². The minimum atomic E-state index is -4.73. The van der Waals surface area contributed by atoms with Crippen LogP contribution >= 0.6 is 0 Å². The number of ether oxygens (including phenoxy) is 1. The quantitative estimate of drug-likeness (QED) is 0.716. The lowest BCUT2D eigenvalue weighted by Gasteiger charge is -2.32. The Balaban J connectivity index is 1.53. The zero-order valence-electron chi connectivity index (χ0n) is 15.9. The van der Waals surface area contributed by atoms with Gasteiger partial charge in [0.15, 0.2) is 5.60 Å². The number of fused-ring (bicyclic) bond motifs is 1. The number of alkyl halides is 3. The van der Waals surface area contributed by atoms with Crippen molar-refractivity contribution in [2.75, 3.05) is 6.61 Å². The van der Waals surface area contributed by atoms with E-state index in [2.05, 4.69) is 10.3 Å². The van der Waals surface area contributed by atoms with Crippen LogP contribution in [0.25, 0.3) is 10.9 Å². The molecular weight excluding hydrogens is 373 g/mol. The number of aliphatic hydroxyl groups is 1. The molecule has 8 heteroatoms. The first-order valence-corrected chi connectivity index (χ1v) is 9.36. The van der Waals surface area contributed by atoms with Gasteiger partial charge in [-0.15, -0.1) is 0 Å². The maximum absolute atomic E-state index is 12.7. The molecule has 1 aliphatic carbocycles. The van der Waals surface area contributed by atoms with E-state index in [0.717, 1.165) is 16.5 Å². The van der Waals surface area contributed by atoms with Gasteiger partial charge in [-0.05, 0) is 63.3 Å². The van der Waals surface area contributed by atoms with Crippen molar-refractivity contribution in [3.8, 4) is 0 Å². The Morgan fingerprint density at radius 3 is 2.61 bits per heavy atom. The molecule has 2 aromatic rings. The van der Waals surface area contributed by atoms with Crippen LogP contribution in [0.15, 0.2) is 24.4 Å². The topological polar surface area (TPSA) is 74.3 Å². The number of H-pyrrole nitrogens is 1. The third kappa shape index (κ3) is 4.50. The van der Waals surface area contributed by atoms with E-state index in [1.54, 1.807) is 6.20 Å². The highest BCUT2D eigenvalue weighted by Crippen LogP contribution is 2.31. The van der Waals surface area contributed by atoms with E-state index in [0.29, 0.717) is 38.2 Å². The Morgan fingerprint density at radius 2 is 1.96 bits per heavy atom. The molecule has 154 valence electrons. The zero-order chi connectivity index (χ0) is 20.5. The predicted molar refractivity (Wildman–Crippen MR) is 99.2 cm³/mol. The summed E-state index contributed by atoms with van der Waals surface area (Å²) in [5.41, 5.74) is -0.495. The molecular formula is C20H25F3N2O3. The number of rotatable bonds is 5. The Bertz CT molecular complexity index is 837. The number of hydrogen-bond acceptors (Lipinski definition) is 3. The highest BCUT2D eigenvalue weighted by molar-refractivity contribution is 6.06. The van der Waals surface area contributed by atoms with Crippen molar-refractivity contribution < 1.29 is 27.8 Å². The summed E-state index contributed by atoms with van der Waals surface area (Å²) in [5, 5.41) is 13.4. The number of nitrogens with one attached hydrogen (secondary N) is 2. The van der Waals surface area contributed by atoms with Crippen LogP contribution in [0.5, 0.6) is 0 Å². The fourth-order valence-corrected chi connectivity index (χ4v) is 3.50. The van der Waals surface area contributed by atoms with Gasteiger partial charge in [0.2, 0.25) is 0 Å². The lowest BCUT2D eigenvalue weighted by molar-refractivity contribution is -0.271. The molecule has 1 atom stereocenters. The molecule has 1 aliphatic rings. The van der Waals surface area contributed by atoms with Crippen LogP contribution < -0.4 is 5.32 Å². The first-order valence-electron chi connectivity index (χ1n) is 9.36. The lowest BCUT2D eigenvalue weighted by Crippen LogP contribution is -2.47. The fourth-order valence-electron chi connectivity index (χ4n) is 3.50. The molecule has 28 heavy (non-hydrogen) atoms. The average molecular weight is 398 g/mol. The van der Waals surface area contributed by atoms with E-state index >= 15 is 0 Å². The van der Waals surface area contributed by atoms with Gasteiger partial charge in [-0.2, -0.15) is 13.2 Å². The van der Waals surface area contributed by atoms with Gasteiger partial charge in [0.25, 0.3) is 5.91 Å². The molecule has 1 amide bonds. The summed E-state index contributed by atoms with van der Waals surface area (Å²) in [4.78, 5) is 15.8. The number of carbonyl (C=O) groups is 1. The Hall–Kier alpha value is -2.06. The molecule has 1 fully saturated rings. The summed E-state index contributed by atoms with van der Waals surface area (Å²) >= 11 is 0. The normalized spacial score (nSPS) is 22.8. The van der Waals surface area contributed by atoms with Crippen LogP contribution in [0.4, 0.5) is 13.2 Å². The van der Waals surface area contributed by atoms with Gasteiger partial charge in [-0.25, -0.2) is 0 Å². The number of halogens is 3. The second-order valence-electron chi connectivity index (χ2n) is 7.78. The molecule has 5 nitrogen and oxygen atoms in total. The zero-order valence-corrected chi connectivity index (χ0v) is 15.9. The maximum atomic E-state index is 12.7. The van der Waals surface area contributed by atoms with Crippen molar-refractivity contribution in [3.63, 3.8) is 0 Å². The molecule has 1 aromatic heterocycles. The molecule has 1 aromatic carbocycles. The monoisotopic (exact) mass is 398 g/mol. The van der Waals surface area contributed by atoms with E-state index in [-0.39, 0.29) is 18.1 Å². The second kappa shape index (κ2) is 7.75.